The number of thioether (sulfide) groups is 1. The first-order valence-electron chi connectivity index (χ1n) is 12.0. The van der Waals surface area contributed by atoms with Crippen LogP contribution in [0.25, 0.3) is 0 Å². The fourth-order valence-corrected chi connectivity index (χ4v) is 5.81. The van der Waals surface area contributed by atoms with Gasteiger partial charge in [0.15, 0.2) is 11.5 Å². The Balaban J connectivity index is 1.16. The van der Waals surface area contributed by atoms with Gasteiger partial charge in [0.25, 0.3) is 0 Å². The SMILES string of the molecule is O=C(CSc1n[nH]c(CCC2CCCC2)n1)N1CCC[C@@H]1c1ccc2c(c1)OCCCO2. The summed E-state index contributed by atoms with van der Waals surface area (Å²) in [6.07, 6.45) is 10.5. The second-order valence-electron chi connectivity index (χ2n) is 9.04. The van der Waals surface area contributed by atoms with Crippen molar-refractivity contribution >= 4 is 17.7 Å². The van der Waals surface area contributed by atoms with Crippen LogP contribution in [0.3, 0.4) is 0 Å². The zero-order valence-electron chi connectivity index (χ0n) is 18.6. The number of amides is 1. The van der Waals surface area contributed by atoms with E-state index in [1.54, 1.807) is 0 Å². The molecule has 0 bridgehead atoms. The minimum atomic E-state index is 0.0920. The van der Waals surface area contributed by atoms with E-state index in [4.69, 9.17) is 9.47 Å². The van der Waals surface area contributed by atoms with Gasteiger partial charge in [-0.05, 0) is 42.9 Å². The van der Waals surface area contributed by atoms with Gasteiger partial charge in [0.05, 0.1) is 25.0 Å². The van der Waals surface area contributed by atoms with Crippen molar-refractivity contribution in [1.29, 1.82) is 0 Å². The number of rotatable bonds is 7. The Bertz CT molecular complexity index is 928. The van der Waals surface area contributed by atoms with Crippen molar-refractivity contribution in [3.05, 3.63) is 29.6 Å². The Labute approximate surface area is 193 Å². The molecule has 2 fully saturated rings. The molecule has 1 saturated heterocycles. The van der Waals surface area contributed by atoms with Crippen molar-refractivity contribution < 1.29 is 14.3 Å². The molecule has 1 aromatic heterocycles. The van der Waals surface area contributed by atoms with Crippen LogP contribution in [0.5, 0.6) is 11.5 Å². The lowest BCUT2D eigenvalue weighted by Gasteiger charge is -2.25. The van der Waals surface area contributed by atoms with Crippen LogP contribution < -0.4 is 9.47 Å². The molecule has 0 unspecified atom stereocenters. The topological polar surface area (TPSA) is 80.3 Å². The number of likely N-dealkylation sites (tertiary alicyclic amines) is 1. The van der Waals surface area contributed by atoms with Gasteiger partial charge >= 0.3 is 0 Å². The van der Waals surface area contributed by atoms with E-state index < -0.39 is 0 Å². The number of nitrogens with one attached hydrogen (secondary N) is 1. The van der Waals surface area contributed by atoms with E-state index in [0.717, 1.165) is 61.0 Å². The van der Waals surface area contributed by atoms with E-state index in [0.29, 0.717) is 24.1 Å². The lowest BCUT2D eigenvalue weighted by molar-refractivity contribution is -0.129. The molecule has 0 spiro atoms. The van der Waals surface area contributed by atoms with E-state index >= 15 is 0 Å². The van der Waals surface area contributed by atoms with Gasteiger partial charge in [-0.25, -0.2) is 4.98 Å². The number of nitrogens with zero attached hydrogens (tertiary/aromatic N) is 3. The van der Waals surface area contributed by atoms with Crippen LogP contribution in [0.1, 0.15) is 68.8 Å². The molecule has 1 N–H and O–H groups in total. The smallest absolute Gasteiger partial charge is 0.233 e. The molecule has 3 aliphatic rings. The number of fused-ring (bicyclic) bond motifs is 1. The van der Waals surface area contributed by atoms with Crippen LogP contribution in [-0.4, -0.2) is 51.5 Å². The number of H-pyrrole nitrogens is 1. The third kappa shape index (κ3) is 5.05. The molecule has 0 radical (unpaired) electrons. The van der Waals surface area contributed by atoms with E-state index in [9.17, 15) is 4.79 Å². The Morgan fingerprint density at radius 1 is 1.09 bits per heavy atom. The van der Waals surface area contributed by atoms with Gasteiger partial charge in [-0.3, -0.25) is 9.89 Å². The predicted octanol–water partition coefficient (Wildman–Crippen LogP) is 4.54. The maximum absolute atomic E-state index is 13.0. The van der Waals surface area contributed by atoms with E-state index in [-0.39, 0.29) is 11.9 Å². The first kappa shape index (κ1) is 21.6. The number of ether oxygens (including phenoxy) is 2. The number of aryl methyl sites for hydroxylation is 1. The van der Waals surface area contributed by atoms with Crippen LogP contribution in [-0.2, 0) is 11.2 Å². The number of carbonyl (C=O) groups excluding carboxylic acids is 1. The summed E-state index contributed by atoms with van der Waals surface area (Å²) in [5.74, 6) is 3.88. The van der Waals surface area contributed by atoms with Gasteiger partial charge in [-0.2, -0.15) is 0 Å². The summed E-state index contributed by atoms with van der Waals surface area (Å²) in [4.78, 5) is 19.6. The Kier molecular flexibility index (Phi) is 6.86. The largest absolute Gasteiger partial charge is 0.490 e. The van der Waals surface area contributed by atoms with Crippen molar-refractivity contribution in [2.75, 3.05) is 25.5 Å². The number of benzene rings is 1. The third-order valence-corrected chi connectivity index (χ3v) is 7.66. The quantitative estimate of drug-likeness (QED) is 0.616. The normalized spacial score (nSPS) is 21.1. The van der Waals surface area contributed by atoms with Crippen LogP contribution in [0, 0.1) is 5.92 Å². The minimum absolute atomic E-state index is 0.0920. The average Bonchev–Trinajstić information content (AvgIpc) is 3.56. The molecule has 3 heterocycles. The monoisotopic (exact) mass is 456 g/mol. The van der Waals surface area contributed by atoms with E-state index in [2.05, 4.69) is 27.3 Å². The summed E-state index contributed by atoms with van der Waals surface area (Å²) in [5.41, 5.74) is 1.12. The molecule has 8 heteroatoms. The molecule has 1 amide bonds. The van der Waals surface area contributed by atoms with Crippen molar-refractivity contribution in [3.63, 3.8) is 0 Å². The van der Waals surface area contributed by atoms with E-state index in [1.807, 2.05) is 11.0 Å². The highest BCUT2D eigenvalue weighted by Gasteiger charge is 2.31. The van der Waals surface area contributed by atoms with Crippen LogP contribution >= 0.6 is 11.8 Å². The molecule has 32 heavy (non-hydrogen) atoms. The summed E-state index contributed by atoms with van der Waals surface area (Å²) in [6, 6.07) is 6.19. The molecular formula is C24H32N4O3S. The van der Waals surface area contributed by atoms with Crippen molar-refractivity contribution in [2.24, 2.45) is 5.92 Å². The van der Waals surface area contributed by atoms with Crippen LogP contribution in [0.15, 0.2) is 23.4 Å². The number of hydrogen-bond acceptors (Lipinski definition) is 6. The van der Waals surface area contributed by atoms with Crippen molar-refractivity contribution in [2.45, 2.75) is 69.0 Å². The molecular weight excluding hydrogens is 424 g/mol. The molecule has 172 valence electrons. The van der Waals surface area contributed by atoms with E-state index in [1.165, 1.54) is 43.9 Å². The lowest BCUT2D eigenvalue weighted by atomic mass is 10.0. The maximum Gasteiger partial charge on any atom is 0.233 e. The maximum atomic E-state index is 13.0. The van der Waals surface area contributed by atoms with Crippen molar-refractivity contribution in [3.8, 4) is 11.5 Å². The van der Waals surface area contributed by atoms with Crippen molar-refractivity contribution in [1.82, 2.24) is 20.1 Å². The lowest BCUT2D eigenvalue weighted by Crippen LogP contribution is -2.32. The van der Waals surface area contributed by atoms with Crippen LogP contribution in [0.4, 0.5) is 0 Å². The number of hydrogen-bond donors (Lipinski definition) is 1. The minimum Gasteiger partial charge on any atom is -0.490 e. The van der Waals surface area contributed by atoms with Gasteiger partial charge in [-0.15, -0.1) is 5.10 Å². The highest BCUT2D eigenvalue weighted by atomic mass is 32.2. The zero-order chi connectivity index (χ0) is 21.8. The number of aromatic amines is 1. The summed E-state index contributed by atoms with van der Waals surface area (Å²) in [7, 11) is 0. The Morgan fingerprint density at radius 2 is 1.94 bits per heavy atom. The zero-order valence-corrected chi connectivity index (χ0v) is 19.4. The van der Waals surface area contributed by atoms with Gasteiger partial charge in [-0.1, -0.05) is 43.5 Å². The highest BCUT2D eigenvalue weighted by Crippen LogP contribution is 2.38. The molecule has 1 saturated carbocycles. The molecule has 2 aromatic rings. The predicted molar refractivity (Wildman–Crippen MR) is 123 cm³/mol. The first-order valence-corrected chi connectivity index (χ1v) is 13.0. The first-order chi connectivity index (χ1) is 15.8. The fraction of sp³-hybridized carbons (Fsp3) is 0.625. The van der Waals surface area contributed by atoms with Gasteiger partial charge in [0.1, 0.15) is 5.82 Å². The third-order valence-electron chi connectivity index (χ3n) is 6.83. The average molecular weight is 457 g/mol. The van der Waals surface area contributed by atoms with Gasteiger partial charge in [0.2, 0.25) is 11.1 Å². The summed E-state index contributed by atoms with van der Waals surface area (Å²) in [6.45, 7) is 2.14. The fourth-order valence-electron chi connectivity index (χ4n) is 5.10. The summed E-state index contributed by atoms with van der Waals surface area (Å²) in [5, 5.41) is 8.05. The molecule has 5 rings (SSSR count). The molecule has 7 nitrogen and oxygen atoms in total. The highest BCUT2D eigenvalue weighted by molar-refractivity contribution is 7.99. The van der Waals surface area contributed by atoms with Gasteiger partial charge < -0.3 is 14.4 Å². The second-order valence-corrected chi connectivity index (χ2v) is 9.99. The summed E-state index contributed by atoms with van der Waals surface area (Å²) < 4.78 is 11.6. The Morgan fingerprint density at radius 3 is 2.81 bits per heavy atom. The van der Waals surface area contributed by atoms with Gasteiger partial charge in [0, 0.05) is 19.4 Å². The second kappa shape index (κ2) is 10.1. The molecule has 2 aliphatic heterocycles. The number of aromatic nitrogens is 3. The van der Waals surface area contributed by atoms with Crippen LogP contribution in [0.2, 0.25) is 0 Å². The molecule has 1 aliphatic carbocycles. The molecule has 1 aromatic carbocycles. The molecule has 1 atom stereocenters. The number of carbonyl (C=O) groups is 1. The summed E-state index contributed by atoms with van der Waals surface area (Å²) >= 11 is 1.43. The standard InChI is InChI=1S/C24H32N4O3S/c29-23(16-32-24-25-22(26-27-24)11-8-17-5-1-2-6-17)28-12-3-7-19(28)18-9-10-20-21(15-18)31-14-4-13-30-20/h9-10,15,17,19H,1-8,11-14,16H2,(H,25,26,27)/t19-/m1/s1. The Hall–Kier alpha value is -2.22.